The Kier molecular flexibility index (Phi) is 5.52. The third kappa shape index (κ3) is 4.55. The Morgan fingerprint density at radius 3 is 2.38 bits per heavy atom. The molecule has 0 aliphatic carbocycles. The highest BCUT2D eigenvalue weighted by Crippen LogP contribution is 2.17. The van der Waals surface area contributed by atoms with Gasteiger partial charge < -0.3 is 10.5 Å². The monoisotopic (exact) mass is 328 g/mol. The Morgan fingerprint density at radius 1 is 1.08 bits per heavy atom. The zero-order chi connectivity index (χ0) is 17.7. The normalized spacial score (nSPS) is 12.0. The summed E-state index contributed by atoms with van der Waals surface area (Å²) in [6.07, 6.45) is -1.02. The van der Waals surface area contributed by atoms with Crippen molar-refractivity contribution in [2.45, 2.75) is 26.4 Å². The Hall–Kier alpha value is -2.89. The van der Waals surface area contributed by atoms with Gasteiger partial charge in [0.05, 0.1) is 6.42 Å². The molecule has 0 aliphatic heterocycles. The van der Waals surface area contributed by atoms with Gasteiger partial charge in [-0.25, -0.2) is 4.79 Å². The Morgan fingerprint density at radius 2 is 1.75 bits per heavy atom. The van der Waals surface area contributed by atoms with Gasteiger partial charge in [0, 0.05) is 0 Å². The van der Waals surface area contributed by atoms with Gasteiger partial charge in [0.1, 0.15) is 0 Å². The fourth-order valence-corrected chi connectivity index (χ4v) is 2.38. The van der Waals surface area contributed by atoms with Crippen molar-refractivity contribution in [2.75, 3.05) is 0 Å². The molecule has 2 aromatic rings. The number of fused-ring (bicyclic) bond motifs is 1. The van der Waals surface area contributed by atoms with E-state index in [1.54, 1.807) is 13.8 Å². The molecule has 6 heteroatoms. The lowest BCUT2D eigenvalue weighted by Crippen LogP contribution is -2.45. The van der Waals surface area contributed by atoms with Gasteiger partial charge in [-0.3, -0.25) is 14.9 Å². The van der Waals surface area contributed by atoms with Gasteiger partial charge in [-0.15, -0.1) is 0 Å². The van der Waals surface area contributed by atoms with Crippen molar-refractivity contribution in [2.24, 2.45) is 11.7 Å². The second kappa shape index (κ2) is 7.59. The van der Waals surface area contributed by atoms with Crippen molar-refractivity contribution < 1.29 is 19.1 Å². The van der Waals surface area contributed by atoms with Crippen LogP contribution < -0.4 is 11.1 Å². The molecule has 126 valence electrons. The van der Waals surface area contributed by atoms with Crippen LogP contribution >= 0.6 is 0 Å². The molecule has 3 N–H and O–H groups in total. The van der Waals surface area contributed by atoms with Crippen LogP contribution in [0.2, 0.25) is 0 Å². The molecule has 0 spiro atoms. The molecule has 0 unspecified atom stereocenters. The molecule has 0 saturated carbocycles. The van der Waals surface area contributed by atoms with Crippen molar-refractivity contribution in [1.29, 1.82) is 0 Å². The molecule has 0 aromatic heterocycles. The van der Waals surface area contributed by atoms with E-state index in [2.05, 4.69) is 0 Å². The number of primary amides is 1. The molecule has 3 amide bonds. The van der Waals surface area contributed by atoms with Crippen LogP contribution in [0.4, 0.5) is 4.79 Å². The van der Waals surface area contributed by atoms with Crippen molar-refractivity contribution >= 4 is 28.7 Å². The summed E-state index contributed by atoms with van der Waals surface area (Å²) in [6.45, 7) is 3.43. The highest BCUT2D eigenvalue weighted by atomic mass is 16.5. The van der Waals surface area contributed by atoms with E-state index < -0.39 is 24.0 Å². The first kappa shape index (κ1) is 17.5. The summed E-state index contributed by atoms with van der Waals surface area (Å²) in [7, 11) is 0. The molecule has 1 atom stereocenters. The second-order valence-electron chi connectivity index (χ2n) is 5.87. The number of imide groups is 1. The predicted octanol–water partition coefficient (Wildman–Crippen LogP) is 2.15. The van der Waals surface area contributed by atoms with Gasteiger partial charge in [0.15, 0.2) is 6.10 Å². The molecule has 2 aromatic carbocycles. The number of amides is 3. The van der Waals surface area contributed by atoms with Crippen LogP contribution in [0.25, 0.3) is 10.8 Å². The Labute approximate surface area is 140 Å². The summed E-state index contributed by atoms with van der Waals surface area (Å²) >= 11 is 0. The highest BCUT2D eigenvalue weighted by molar-refractivity contribution is 5.96. The molecule has 0 bridgehead atoms. The minimum atomic E-state index is -1.06. The van der Waals surface area contributed by atoms with E-state index in [0.717, 1.165) is 16.3 Å². The maximum atomic E-state index is 12.1. The smallest absolute Gasteiger partial charge is 0.318 e. The molecule has 0 aliphatic rings. The lowest BCUT2D eigenvalue weighted by Gasteiger charge is -2.19. The second-order valence-corrected chi connectivity index (χ2v) is 5.87. The van der Waals surface area contributed by atoms with E-state index in [1.807, 2.05) is 47.8 Å². The number of hydrogen-bond acceptors (Lipinski definition) is 4. The van der Waals surface area contributed by atoms with Crippen molar-refractivity contribution in [3.63, 3.8) is 0 Å². The number of hydrogen-bond donors (Lipinski definition) is 2. The molecule has 6 nitrogen and oxygen atoms in total. The molecular formula is C18H20N2O4. The number of benzene rings is 2. The Bertz CT molecular complexity index is 770. The van der Waals surface area contributed by atoms with Crippen LogP contribution in [-0.2, 0) is 20.7 Å². The number of nitrogens with one attached hydrogen (secondary N) is 1. The largest absolute Gasteiger partial charge is 0.452 e. The number of esters is 1. The van der Waals surface area contributed by atoms with E-state index in [9.17, 15) is 14.4 Å². The summed E-state index contributed by atoms with van der Waals surface area (Å²) in [5, 5.41) is 4.04. The number of carbonyl (C=O) groups is 3. The van der Waals surface area contributed by atoms with Crippen LogP contribution in [0.1, 0.15) is 19.4 Å². The quantitative estimate of drug-likeness (QED) is 0.822. The average molecular weight is 328 g/mol. The van der Waals surface area contributed by atoms with Crippen LogP contribution in [0.15, 0.2) is 42.5 Å². The number of urea groups is 1. The van der Waals surface area contributed by atoms with Crippen molar-refractivity contribution in [1.82, 2.24) is 5.32 Å². The predicted molar refractivity (Wildman–Crippen MR) is 90.1 cm³/mol. The Balaban J connectivity index is 2.06. The molecule has 0 radical (unpaired) electrons. The minimum Gasteiger partial charge on any atom is -0.452 e. The molecule has 0 fully saturated rings. The van der Waals surface area contributed by atoms with Crippen LogP contribution in [-0.4, -0.2) is 24.0 Å². The van der Waals surface area contributed by atoms with E-state index in [0.29, 0.717) is 0 Å². The molecule has 0 heterocycles. The number of rotatable bonds is 5. The summed E-state index contributed by atoms with van der Waals surface area (Å²) < 4.78 is 5.23. The van der Waals surface area contributed by atoms with E-state index in [1.165, 1.54) is 0 Å². The molecule has 2 rings (SSSR count). The number of nitrogens with two attached hydrogens (primary N) is 1. The van der Waals surface area contributed by atoms with E-state index in [4.69, 9.17) is 10.5 Å². The standard InChI is InChI=1S/C18H20N2O4/c1-11(2)16(17(22)20-18(19)23)24-15(21)10-12-7-8-13-5-3-4-6-14(13)9-12/h3-9,11,16H,10H2,1-2H3,(H3,19,20,22,23)/t16-/m1/s1. The third-order valence-electron chi connectivity index (χ3n) is 3.53. The summed E-state index contributed by atoms with van der Waals surface area (Å²) in [5.74, 6) is -1.54. The lowest BCUT2D eigenvalue weighted by molar-refractivity contribution is -0.157. The van der Waals surface area contributed by atoms with Crippen LogP contribution in [0.3, 0.4) is 0 Å². The maximum Gasteiger partial charge on any atom is 0.318 e. The first-order valence-electron chi connectivity index (χ1n) is 7.64. The zero-order valence-electron chi connectivity index (χ0n) is 13.6. The summed E-state index contributed by atoms with van der Waals surface area (Å²) in [6, 6.07) is 12.5. The highest BCUT2D eigenvalue weighted by Gasteiger charge is 2.27. The van der Waals surface area contributed by atoms with Crippen molar-refractivity contribution in [3.8, 4) is 0 Å². The molecule has 24 heavy (non-hydrogen) atoms. The van der Waals surface area contributed by atoms with Gasteiger partial charge in [-0.2, -0.15) is 0 Å². The van der Waals surface area contributed by atoms with Crippen LogP contribution in [0, 0.1) is 5.92 Å². The first-order valence-corrected chi connectivity index (χ1v) is 7.64. The average Bonchev–Trinajstić information content (AvgIpc) is 2.51. The van der Waals surface area contributed by atoms with E-state index in [-0.39, 0.29) is 12.3 Å². The first-order chi connectivity index (χ1) is 11.4. The fraction of sp³-hybridized carbons (Fsp3) is 0.278. The molecular weight excluding hydrogens is 308 g/mol. The number of ether oxygens (including phenoxy) is 1. The van der Waals surface area contributed by atoms with Gasteiger partial charge >= 0.3 is 12.0 Å². The van der Waals surface area contributed by atoms with Gasteiger partial charge in [-0.1, -0.05) is 56.3 Å². The molecule has 0 saturated heterocycles. The van der Waals surface area contributed by atoms with Gasteiger partial charge in [0.2, 0.25) is 0 Å². The maximum absolute atomic E-state index is 12.1. The van der Waals surface area contributed by atoms with Gasteiger partial charge in [-0.05, 0) is 22.3 Å². The summed E-state index contributed by atoms with van der Waals surface area (Å²) in [5.41, 5.74) is 5.72. The minimum absolute atomic E-state index is 0.0396. The SMILES string of the molecule is CC(C)[C@@H](OC(=O)Cc1ccc2ccccc2c1)C(=O)NC(N)=O. The third-order valence-corrected chi connectivity index (χ3v) is 3.53. The van der Waals surface area contributed by atoms with E-state index >= 15 is 0 Å². The topological polar surface area (TPSA) is 98.5 Å². The number of carbonyl (C=O) groups excluding carboxylic acids is 3. The fourth-order valence-electron chi connectivity index (χ4n) is 2.38. The zero-order valence-corrected chi connectivity index (χ0v) is 13.6. The lowest BCUT2D eigenvalue weighted by atomic mass is 10.0. The van der Waals surface area contributed by atoms with Crippen molar-refractivity contribution in [3.05, 3.63) is 48.0 Å². The van der Waals surface area contributed by atoms with Gasteiger partial charge in [0.25, 0.3) is 5.91 Å². The summed E-state index contributed by atoms with van der Waals surface area (Å²) in [4.78, 5) is 34.8. The van der Waals surface area contributed by atoms with Crippen LogP contribution in [0.5, 0.6) is 0 Å².